The van der Waals surface area contributed by atoms with Crippen molar-refractivity contribution in [2.24, 2.45) is 11.3 Å². The number of carboxylic acid groups (broad SMARTS) is 1. The molecular formula is C17H22N2O3S. The maximum Gasteiger partial charge on any atom is 0.321 e. The summed E-state index contributed by atoms with van der Waals surface area (Å²) in [4.78, 5) is 27.1. The van der Waals surface area contributed by atoms with Crippen molar-refractivity contribution >= 4 is 29.4 Å². The van der Waals surface area contributed by atoms with Gasteiger partial charge in [-0.15, -0.1) is 11.8 Å². The van der Waals surface area contributed by atoms with Crippen LogP contribution < -0.4 is 5.32 Å². The minimum absolute atomic E-state index is 0.0874. The lowest BCUT2D eigenvalue weighted by molar-refractivity contribution is -0.149. The molecule has 2 N–H and O–H groups in total. The predicted octanol–water partition coefficient (Wildman–Crippen LogP) is 3.44. The highest BCUT2D eigenvalue weighted by molar-refractivity contribution is 7.98. The highest BCUT2D eigenvalue weighted by Crippen LogP contribution is 2.49. The molecule has 5 nitrogen and oxygen atoms in total. The Labute approximate surface area is 140 Å². The molecule has 1 heterocycles. The molecule has 1 aromatic rings. The van der Waals surface area contributed by atoms with E-state index in [1.807, 2.05) is 31.4 Å². The van der Waals surface area contributed by atoms with Crippen molar-refractivity contribution in [1.82, 2.24) is 4.90 Å². The van der Waals surface area contributed by atoms with Crippen molar-refractivity contribution in [1.29, 1.82) is 0 Å². The maximum absolute atomic E-state index is 12.6. The Balaban J connectivity index is 1.74. The zero-order chi connectivity index (χ0) is 16.6. The SMILES string of the molecule is CSc1cccc(NC(=O)N2C[C@@H]3CCC[C@@]3(C(=O)O)C2)c1C. The van der Waals surface area contributed by atoms with Crippen molar-refractivity contribution in [3.05, 3.63) is 23.8 Å². The third-order valence-corrected chi connectivity index (χ3v) is 6.21. The zero-order valence-electron chi connectivity index (χ0n) is 13.5. The van der Waals surface area contributed by atoms with Crippen LogP contribution in [-0.4, -0.2) is 41.4 Å². The van der Waals surface area contributed by atoms with Crippen molar-refractivity contribution in [2.45, 2.75) is 31.1 Å². The number of thioether (sulfide) groups is 1. The molecule has 1 aliphatic heterocycles. The monoisotopic (exact) mass is 334 g/mol. The Morgan fingerprint density at radius 1 is 1.43 bits per heavy atom. The largest absolute Gasteiger partial charge is 0.481 e. The average Bonchev–Trinajstić information content (AvgIpc) is 3.07. The molecule has 2 atom stereocenters. The number of carbonyl (C=O) groups excluding carboxylic acids is 1. The highest BCUT2D eigenvalue weighted by Gasteiger charge is 2.55. The van der Waals surface area contributed by atoms with Crippen LogP contribution in [0.15, 0.2) is 23.1 Å². The maximum atomic E-state index is 12.6. The predicted molar refractivity (Wildman–Crippen MR) is 91.0 cm³/mol. The van der Waals surface area contributed by atoms with E-state index >= 15 is 0 Å². The highest BCUT2D eigenvalue weighted by atomic mass is 32.2. The standard InChI is InChI=1S/C17H22N2O3S/c1-11-13(6-3-7-14(11)23-2)18-16(22)19-9-12-5-4-8-17(12,10-19)15(20)21/h3,6-7,12H,4-5,8-10H2,1-2H3,(H,18,22)(H,20,21)/t12-,17+/m0/s1. The van der Waals surface area contributed by atoms with Gasteiger partial charge in [-0.05, 0) is 49.6 Å². The average molecular weight is 334 g/mol. The van der Waals surface area contributed by atoms with E-state index in [4.69, 9.17) is 0 Å². The van der Waals surface area contributed by atoms with Crippen LogP contribution in [0.3, 0.4) is 0 Å². The molecule has 3 rings (SSSR count). The fourth-order valence-corrected chi connectivity index (χ4v) is 4.59. The number of carboxylic acids is 1. The van der Waals surface area contributed by atoms with Crippen LogP contribution in [0.4, 0.5) is 10.5 Å². The molecule has 23 heavy (non-hydrogen) atoms. The summed E-state index contributed by atoms with van der Waals surface area (Å²) in [7, 11) is 0. The lowest BCUT2D eigenvalue weighted by atomic mass is 9.81. The number of hydrogen-bond donors (Lipinski definition) is 2. The Morgan fingerprint density at radius 2 is 2.22 bits per heavy atom. The topological polar surface area (TPSA) is 69.6 Å². The molecule has 0 spiro atoms. The van der Waals surface area contributed by atoms with Gasteiger partial charge in [-0.3, -0.25) is 4.79 Å². The smallest absolute Gasteiger partial charge is 0.321 e. The van der Waals surface area contributed by atoms with Crippen LogP contribution in [-0.2, 0) is 4.79 Å². The van der Waals surface area contributed by atoms with Crippen LogP contribution in [0.1, 0.15) is 24.8 Å². The molecule has 2 aliphatic rings. The van der Waals surface area contributed by atoms with E-state index in [2.05, 4.69) is 5.32 Å². The second-order valence-corrected chi connectivity index (χ2v) is 7.34. The van der Waals surface area contributed by atoms with Gasteiger partial charge in [-0.2, -0.15) is 0 Å². The number of nitrogens with one attached hydrogen (secondary N) is 1. The second kappa shape index (κ2) is 6.07. The molecule has 0 unspecified atom stereocenters. The first-order valence-corrected chi connectivity index (χ1v) is 9.13. The van der Waals surface area contributed by atoms with Crippen LogP contribution in [0.5, 0.6) is 0 Å². The quantitative estimate of drug-likeness (QED) is 0.831. The van der Waals surface area contributed by atoms with E-state index in [9.17, 15) is 14.7 Å². The summed E-state index contributed by atoms with van der Waals surface area (Å²) in [5, 5.41) is 12.6. The third-order valence-electron chi connectivity index (χ3n) is 5.33. The first-order chi connectivity index (χ1) is 11.0. The minimum Gasteiger partial charge on any atom is -0.481 e. The molecule has 1 aromatic carbocycles. The molecule has 0 bridgehead atoms. The molecule has 2 fully saturated rings. The lowest BCUT2D eigenvalue weighted by Crippen LogP contribution is -2.38. The number of benzene rings is 1. The van der Waals surface area contributed by atoms with Gasteiger partial charge in [-0.1, -0.05) is 12.5 Å². The number of rotatable bonds is 3. The summed E-state index contributed by atoms with van der Waals surface area (Å²) in [6.45, 7) is 2.85. The van der Waals surface area contributed by atoms with Gasteiger partial charge >= 0.3 is 12.0 Å². The van der Waals surface area contributed by atoms with Gasteiger partial charge in [0.25, 0.3) is 0 Å². The van der Waals surface area contributed by atoms with Crippen LogP contribution in [0.25, 0.3) is 0 Å². The third kappa shape index (κ3) is 2.69. The Kier molecular flexibility index (Phi) is 4.27. The molecule has 0 aromatic heterocycles. The van der Waals surface area contributed by atoms with Gasteiger partial charge in [0.05, 0.1) is 5.41 Å². The van der Waals surface area contributed by atoms with Crippen LogP contribution in [0.2, 0.25) is 0 Å². The van der Waals surface area contributed by atoms with Gasteiger partial charge in [0.2, 0.25) is 0 Å². The summed E-state index contributed by atoms with van der Waals surface area (Å²) in [6, 6.07) is 5.64. The first kappa shape index (κ1) is 16.2. The van der Waals surface area contributed by atoms with Gasteiger partial charge < -0.3 is 15.3 Å². The number of anilines is 1. The van der Waals surface area contributed by atoms with Crippen molar-refractivity contribution in [3.63, 3.8) is 0 Å². The Bertz CT molecular complexity index is 649. The minimum atomic E-state index is -0.754. The normalized spacial score (nSPS) is 26.2. The summed E-state index contributed by atoms with van der Waals surface area (Å²) in [5.74, 6) is -0.666. The number of hydrogen-bond acceptors (Lipinski definition) is 3. The number of carbonyl (C=O) groups is 2. The molecule has 1 saturated carbocycles. The molecule has 0 radical (unpaired) electrons. The first-order valence-electron chi connectivity index (χ1n) is 7.91. The molecule has 1 aliphatic carbocycles. The number of urea groups is 1. The van der Waals surface area contributed by atoms with E-state index in [0.29, 0.717) is 19.5 Å². The molecule has 124 valence electrons. The van der Waals surface area contributed by atoms with Gasteiger partial charge in [0.15, 0.2) is 0 Å². The van der Waals surface area contributed by atoms with Crippen molar-refractivity contribution in [2.75, 3.05) is 24.7 Å². The van der Waals surface area contributed by atoms with E-state index < -0.39 is 11.4 Å². The molecule has 2 amide bonds. The molecule has 6 heteroatoms. The fraction of sp³-hybridized carbons (Fsp3) is 0.529. The Morgan fingerprint density at radius 3 is 2.87 bits per heavy atom. The summed E-state index contributed by atoms with van der Waals surface area (Å²) >= 11 is 1.64. The van der Waals surface area contributed by atoms with Gasteiger partial charge in [-0.25, -0.2) is 4.79 Å². The zero-order valence-corrected chi connectivity index (χ0v) is 14.3. The molecule has 1 saturated heterocycles. The lowest BCUT2D eigenvalue weighted by Gasteiger charge is -2.23. The summed E-state index contributed by atoms with van der Waals surface area (Å²) in [5.41, 5.74) is 1.11. The van der Waals surface area contributed by atoms with Gasteiger partial charge in [0.1, 0.15) is 0 Å². The molecular weight excluding hydrogens is 312 g/mol. The van der Waals surface area contributed by atoms with Gasteiger partial charge in [0, 0.05) is 23.7 Å². The van der Waals surface area contributed by atoms with Crippen LogP contribution in [0, 0.1) is 18.3 Å². The number of fused-ring (bicyclic) bond motifs is 1. The van der Waals surface area contributed by atoms with E-state index in [0.717, 1.165) is 29.0 Å². The van der Waals surface area contributed by atoms with E-state index in [1.54, 1.807) is 16.7 Å². The fourth-order valence-electron chi connectivity index (χ4n) is 3.96. The Hall–Kier alpha value is -1.69. The number of nitrogens with zero attached hydrogens (tertiary/aromatic N) is 1. The second-order valence-electron chi connectivity index (χ2n) is 6.49. The van der Waals surface area contributed by atoms with Crippen LogP contribution >= 0.6 is 11.8 Å². The summed E-state index contributed by atoms with van der Waals surface area (Å²) < 4.78 is 0. The van der Waals surface area contributed by atoms with E-state index in [-0.39, 0.29) is 11.9 Å². The number of aliphatic carboxylic acids is 1. The van der Waals surface area contributed by atoms with E-state index in [1.165, 1.54) is 0 Å². The number of amides is 2. The van der Waals surface area contributed by atoms with Crippen molar-refractivity contribution in [3.8, 4) is 0 Å². The van der Waals surface area contributed by atoms with Crippen molar-refractivity contribution < 1.29 is 14.7 Å². The summed E-state index contributed by atoms with van der Waals surface area (Å²) in [6.07, 6.45) is 4.53. The number of likely N-dealkylation sites (tertiary alicyclic amines) is 1.